The van der Waals surface area contributed by atoms with E-state index in [1.54, 1.807) is 0 Å². The average Bonchev–Trinajstić information content (AvgIpc) is 2.28. The van der Waals surface area contributed by atoms with Crippen molar-refractivity contribution in [1.29, 1.82) is 0 Å². The average molecular weight is 268 g/mol. The molecule has 1 aliphatic rings. The molecule has 0 saturated heterocycles. The topological polar surface area (TPSA) is 21.3 Å². The van der Waals surface area contributed by atoms with Crippen LogP contribution in [0.1, 0.15) is 44.8 Å². The van der Waals surface area contributed by atoms with Gasteiger partial charge in [-0.3, -0.25) is 0 Å². The molecule has 0 heterocycles. The first-order chi connectivity index (χ1) is 8.66. The Morgan fingerprint density at radius 1 is 1.33 bits per heavy atom. The zero-order valence-electron chi connectivity index (χ0n) is 11.2. The van der Waals surface area contributed by atoms with Crippen LogP contribution in [-0.4, -0.2) is 18.7 Å². The molecular weight excluding hydrogens is 246 g/mol. The summed E-state index contributed by atoms with van der Waals surface area (Å²) in [5.74, 6) is 0. The number of benzene rings is 1. The van der Waals surface area contributed by atoms with Gasteiger partial charge in [-0.05, 0) is 25.3 Å². The molecule has 1 aromatic carbocycles. The highest BCUT2D eigenvalue weighted by Gasteiger charge is 2.24. The van der Waals surface area contributed by atoms with E-state index in [2.05, 4.69) is 25.2 Å². The van der Waals surface area contributed by atoms with Crippen molar-refractivity contribution in [1.82, 2.24) is 5.32 Å². The number of rotatable bonds is 6. The maximum atomic E-state index is 6.27. The summed E-state index contributed by atoms with van der Waals surface area (Å²) in [4.78, 5) is 0. The predicted molar refractivity (Wildman–Crippen MR) is 76.1 cm³/mol. The molecule has 1 N–H and O–H groups in total. The van der Waals surface area contributed by atoms with E-state index in [-0.39, 0.29) is 6.10 Å². The van der Waals surface area contributed by atoms with Crippen molar-refractivity contribution in [2.75, 3.05) is 6.54 Å². The van der Waals surface area contributed by atoms with Crippen LogP contribution in [0.25, 0.3) is 0 Å². The molecule has 0 amide bonds. The zero-order chi connectivity index (χ0) is 13.0. The first-order valence-corrected chi connectivity index (χ1v) is 7.18. The van der Waals surface area contributed by atoms with Crippen LogP contribution < -0.4 is 5.32 Å². The minimum atomic E-state index is 0.0615. The van der Waals surface area contributed by atoms with Crippen LogP contribution >= 0.6 is 11.6 Å². The molecule has 1 aromatic rings. The summed E-state index contributed by atoms with van der Waals surface area (Å²) in [6.07, 6.45) is 4.13. The lowest BCUT2D eigenvalue weighted by Crippen LogP contribution is -2.33. The molecule has 0 aliphatic heterocycles. The minimum absolute atomic E-state index is 0.0615. The Labute approximate surface area is 115 Å². The lowest BCUT2D eigenvalue weighted by atomic mass is 9.95. The summed E-state index contributed by atoms with van der Waals surface area (Å²) in [6.45, 7) is 5.11. The Hall–Kier alpha value is -0.570. The van der Waals surface area contributed by atoms with Crippen LogP contribution in [0, 0.1) is 0 Å². The van der Waals surface area contributed by atoms with Crippen LogP contribution in [0.4, 0.5) is 0 Å². The summed E-state index contributed by atoms with van der Waals surface area (Å²) in [6, 6.07) is 8.44. The van der Waals surface area contributed by atoms with Gasteiger partial charge in [-0.15, -0.1) is 0 Å². The first kappa shape index (κ1) is 13.9. The normalized spacial score (nSPS) is 17.8. The number of hydrogen-bond donors (Lipinski definition) is 1. The Bertz CT molecular complexity index is 377. The largest absolute Gasteiger partial charge is 0.369 e. The summed E-state index contributed by atoms with van der Waals surface area (Å²) in [5, 5.41) is 4.24. The van der Waals surface area contributed by atoms with Crippen LogP contribution in [0.5, 0.6) is 0 Å². The third-order valence-corrected chi connectivity index (χ3v) is 3.72. The van der Waals surface area contributed by atoms with E-state index in [4.69, 9.17) is 16.3 Å². The SMILES string of the molecule is CC(C)NCC(OC1CCC1)c1ccccc1Cl. The van der Waals surface area contributed by atoms with Crippen molar-refractivity contribution >= 4 is 11.6 Å². The predicted octanol–water partition coefficient (Wildman–Crippen LogP) is 3.95. The molecule has 1 fully saturated rings. The number of halogens is 1. The molecule has 1 aliphatic carbocycles. The van der Waals surface area contributed by atoms with Gasteiger partial charge in [0.25, 0.3) is 0 Å². The Morgan fingerprint density at radius 3 is 2.61 bits per heavy atom. The van der Waals surface area contributed by atoms with Crippen LogP contribution in [0.3, 0.4) is 0 Å². The Morgan fingerprint density at radius 2 is 2.06 bits per heavy atom. The van der Waals surface area contributed by atoms with Gasteiger partial charge in [-0.2, -0.15) is 0 Å². The van der Waals surface area contributed by atoms with Crippen molar-refractivity contribution < 1.29 is 4.74 Å². The van der Waals surface area contributed by atoms with Crippen molar-refractivity contribution in [3.05, 3.63) is 34.9 Å². The molecule has 0 bridgehead atoms. The monoisotopic (exact) mass is 267 g/mol. The van der Waals surface area contributed by atoms with Gasteiger partial charge < -0.3 is 10.1 Å². The van der Waals surface area contributed by atoms with Gasteiger partial charge in [0.05, 0.1) is 12.2 Å². The number of ether oxygens (including phenoxy) is 1. The minimum Gasteiger partial charge on any atom is -0.369 e. The second-order valence-corrected chi connectivity index (χ2v) is 5.67. The van der Waals surface area contributed by atoms with E-state index >= 15 is 0 Å². The maximum Gasteiger partial charge on any atom is 0.0967 e. The summed E-state index contributed by atoms with van der Waals surface area (Å²) in [5.41, 5.74) is 1.10. The molecule has 1 unspecified atom stereocenters. The van der Waals surface area contributed by atoms with E-state index < -0.39 is 0 Å². The number of hydrogen-bond acceptors (Lipinski definition) is 2. The van der Waals surface area contributed by atoms with E-state index in [1.165, 1.54) is 19.3 Å². The van der Waals surface area contributed by atoms with Gasteiger partial charge >= 0.3 is 0 Å². The molecule has 1 atom stereocenters. The van der Waals surface area contributed by atoms with Gasteiger partial charge in [0.15, 0.2) is 0 Å². The van der Waals surface area contributed by atoms with Crippen molar-refractivity contribution in [3.63, 3.8) is 0 Å². The molecule has 0 spiro atoms. The fraction of sp³-hybridized carbons (Fsp3) is 0.600. The first-order valence-electron chi connectivity index (χ1n) is 6.80. The standard InChI is InChI=1S/C15H22ClNO/c1-11(2)17-10-15(18-12-6-5-7-12)13-8-3-4-9-14(13)16/h3-4,8-9,11-12,15,17H,5-7,10H2,1-2H3. The molecule has 2 nitrogen and oxygen atoms in total. The van der Waals surface area contributed by atoms with Gasteiger partial charge in [0.2, 0.25) is 0 Å². The van der Waals surface area contributed by atoms with E-state index in [0.717, 1.165) is 17.1 Å². The quantitative estimate of drug-likeness (QED) is 0.843. The molecule has 1 saturated carbocycles. The second kappa shape index (κ2) is 6.55. The van der Waals surface area contributed by atoms with Gasteiger partial charge in [-0.1, -0.05) is 43.6 Å². The van der Waals surface area contributed by atoms with E-state index in [1.807, 2.05) is 18.2 Å². The molecule has 0 radical (unpaired) electrons. The van der Waals surface area contributed by atoms with E-state index in [0.29, 0.717) is 12.1 Å². The third-order valence-electron chi connectivity index (χ3n) is 3.37. The summed E-state index contributed by atoms with van der Waals surface area (Å²) < 4.78 is 6.16. The molecular formula is C15H22ClNO. The van der Waals surface area contributed by atoms with Crippen LogP contribution in [0.15, 0.2) is 24.3 Å². The van der Waals surface area contributed by atoms with Crippen LogP contribution in [0.2, 0.25) is 5.02 Å². The second-order valence-electron chi connectivity index (χ2n) is 5.26. The molecule has 100 valence electrons. The fourth-order valence-electron chi connectivity index (χ4n) is 2.05. The maximum absolute atomic E-state index is 6.27. The Balaban J connectivity index is 2.04. The lowest BCUT2D eigenvalue weighted by Gasteiger charge is -2.31. The van der Waals surface area contributed by atoms with E-state index in [9.17, 15) is 0 Å². The van der Waals surface area contributed by atoms with Crippen molar-refractivity contribution in [2.45, 2.75) is 51.4 Å². The summed E-state index contributed by atoms with van der Waals surface area (Å²) in [7, 11) is 0. The summed E-state index contributed by atoms with van der Waals surface area (Å²) >= 11 is 6.27. The van der Waals surface area contributed by atoms with Gasteiger partial charge in [-0.25, -0.2) is 0 Å². The molecule has 3 heteroatoms. The van der Waals surface area contributed by atoms with Gasteiger partial charge in [0, 0.05) is 23.2 Å². The Kier molecular flexibility index (Phi) is 5.04. The number of nitrogens with one attached hydrogen (secondary N) is 1. The highest BCUT2D eigenvalue weighted by molar-refractivity contribution is 6.31. The highest BCUT2D eigenvalue weighted by Crippen LogP contribution is 2.31. The smallest absolute Gasteiger partial charge is 0.0967 e. The third kappa shape index (κ3) is 3.71. The van der Waals surface area contributed by atoms with Crippen molar-refractivity contribution in [2.24, 2.45) is 0 Å². The molecule has 0 aromatic heterocycles. The van der Waals surface area contributed by atoms with Gasteiger partial charge in [0.1, 0.15) is 0 Å². The molecule has 18 heavy (non-hydrogen) atoms. The van der Waals surface area contributed by atoms with Crippen molar-refractivity contribution in [3.8, 4) is 0 Å². The lowest BCUT2D eigenvalue weighted by molar-refractivity contribution is -0.0525. The fourth-order valence-corrected chi connectivity index (χ4v) is 2.31. The zero-order valence-corrected chi connectivity index (χ0v) is 11.9. The molecule has 2 rings (SSSR count). The highest BCUT2D eigenvalue weighted by atomic mass is 35.5. The van der Waals surface area contributed by atoms with Crippen LogP contribution in [-0.2, 0) is 4.74 Å².